The highest BCUT2D eigenvalue weighted by molar-refractivity contribution is 5.78. The number of methoxy groups -OCH3 is 1. The summed E-state index contributed by atoms with van der Waals surface area (Å²) in [5.74, 6) is 0.954. The molecular formula is C22H25N5O2. The predicted molar refractivity (Wildman–Crippen MR) is 110 cm³/mol. The first-order chi connectivity index (χ1) is 14.1. The molecule has 1 amide bonds. The van der Waals surface area contributed by atoms with E-state index in [0.29, 0.717) is 12.6 Å². The maximum atomic E-state index is 12.3. The molecule has 2 bridgehead atoms. The van der Waals surface area contributed by atoms with Gasteiger partial charge in [-0.25, -0.2) is 9.50 Å². The molecule has 1 saturated heterocycles. The lowest BCUT2D eigenvalue weighted by molar-refractivity contribution is -0.130. The van der Waals surface area contributed by atoms with Crippen LogP contribution in [0.5, 0.6) is 5.75 Å². The second-order valence-electron chi connectivity index (χ2n) is 8.07. The van der Waals surface area contributed by atoms with Crippen LogP contribution in [0.4, 0.5) is 0 Å². The van der Waals surface area contributed by atoms with Crippen molar-refractivity contribution in [1.29, 1.82) is 0 Å². The number of hydrogen-bond acceptors (Lipinski definition) is 5. The number of hydrogen-bond donors (Lipinski definition) is 0. The molecule has 29 heavy (non-hydrogen) atoms. The van der Waals surface area contributed by atoms with Crippen LogP contribution in [0, 0.1) is 0 Å². The van der Waals surface area contributed by atoms with Crippen LogP contribution >= 0.6 is 0 Å². The molecule has 5 rings (SSSR count). The number of carbonyl (C=O) groups is 1. The third kappa shape index (κ3) is 2.88. The van der Waals surface area contributed by atoms with Gasteiger partial charge in [0.05, 0.1) is 25.0 Å². The number of aromatic nitrogens is 3. The molecule has 1 aromatic carbocycles. The van der Waals surface area contributed by atoms with Crippen LogP contribution in [-0.2, 0) is 11.2 Å². The monoisotopic (exact) mass is 391 g/mol. The van der Waals surface area contributed by atoms with Gasteiger partial charge in [-0.2, -0.15) is 5.10 Å². The van der Waals surface area contributed by atoms with Crippen molar-refractivity contribution in [3.63, 3.8) is 0 Å². The van der Waals surface area contributed by atoms with Gasteiger partial charge in [-0.1, -0.05) is 12.1 Å². The van der Waals surface area contributed by atoms with Crippen LogP contribution < -0.4 is 4.74 Å². The summed E-state index contributed by atoms with van der Waals surface area (Å²) < 4.78 is 7.50. The molecule has 2 aliphatic heterocycles. The van der Waals surface area contributed by atoms with E-state index in [1.54, 1.807) is 12.0 Å². The zero-order valence-electron chi connectivity index (χ0n) is 17.0. The molecule has 3 aromatic rings. The third-order valence-electron chi connectivity index (χ3n) is 6.25. The van der Waals surface area contributed by atoms with Gasteiger partial charge in [0.15, 0.2) is 5.65 Å². The molecule has 0 spiro atoms. The molecule has 0 saturated carbocycles. The second kappa shape index (κ2) is 6.84. The van der Waals surface area contributed by atoms with Crippen molar-refractivity contribution in [2.75, 3.05) is 27.7 Å². The Kier molecular flexibility index (Phi) is 4.28. The standard InChI is InChI=1S/C22H25N5O2/c1-25(2)22(28)13-26-14-8-9-18(26)16-12-23-21-11-17(24-27(21)19(16)10-14)15-6-4-5-7-20(15)29-3/h4-7,11-12,14,18H,8-10,13H2,1-3H3/t14-,18+/m0/s1. The van der Waals surface area contributed by atoms with Gasteiger partial charge in [0.2, 0.25) is 5.91 Å². The van der Waals surface area contributed by atoms with Gasteiger partial charge in [0, 0.05) is 56.0 Å². The van der Waals surface area contributed by atoms with Crippen molar-refractivity contribution in [2.45, 2.75) is 31.3 Å². The molecule has 0 N–H and O–H groups in total. The van der Waals surface area contributed by atoms with Crippen molar-refractivity contribution in [2.24, 2.45) is 0 Å². The first-order valence-corrected chi connectivity index (χ1v) is 10.0. The zero-order chi connectivity index (χ0) is 20.1. The Balaban J connectivity index is 1.55. The summed E-state index contributed by atoms with van der Waals surface area (Å²) in [5, 5.41) is 4.90. The van der Waals surface area contributed by atoms with Gasteiger partial charge in [0.1, 0.15) is 5.75 Å². The lowest BCUT2D eigenvalue weighted by atomic mass is 9.99. The summed E-state index contributed by atoms with van der Waals surface area (Å²) in [6.07, 6.45) is 5.03. The number of amides is 1. The number of nitrogens with zero attached hydrogens (tertiary/aromatic N) is 5. The highest BCUT2D eigenvalue weighted by atomic mass is 16.5. The summed E-state index contributed by atoms with van der Waals surface area (Å²) in [6, 6.07) is 10.5. The van der Waals surface area contributed by atoms with E-state index in [9.17, 15) is 4.79 Å². The minimum Gasteiger partial charge on any atom is -0.496 e. The molecule has 150 valence electrons. The summed E-state index contributed by atoms with van der Waals surface area (Å²) in [4.78, 5) is 21.0. The minimum atomic E-state index is 0.150. The number of rotatable bonds is 4. The maximum absolute atomic E-state index is 12.3. The van der Waals surface area contributed by atoms with Gasteiger partial charge in [-0.15, -0.1) is 0 Å². The quantitative estimate of drug-likeness (QED) is 0.684. The summed E-state index contributed by atoms with van der Waals surface area (Å²) >= 11 is 0. The Hall–Kier alpha value is -2.93. The van der Waals surface area contributed by atoms with Gasteiger partial charge >= 0.3 is 0 Å². The predicted octanol–water partition coefficient (Wildman–Crippen LogP) is 2.55. The Morgan fingerprint density at radius 1 is 1.28 bits per heavy atom. The fourth-order valence-electron chi connectivity index (χ4n) is 4.71. The molecule has 0 aliphatic carbocycles. The van der Waals surface area contributed by atoms with Crippen LogP contribution in [0.3, 0.4) is 0 Å². The maximum Gasteiger partial charge on any atom is 0.236 e. The van der Waals surface area contributed by atoms with E-state index in [0.717, 1.165) is 41.9 Å². The highest BCUT2D eigenvalue weighted by Crippen LogP contribution is 2.43. The second-order valence-corrected chi connectivity index (χ2v) is 8.07. The fraction of sp³-hybridized carbons (Fsp3) is 0.409. The zero-order valence-corrected chi connectivity index (χ0v) is 17.0. The van der Waals surface area contributed by atoms with Gasteiger partial charge < -0.3 is 9.64 Å². The molecule has 2 atom stereocenters. The van der Waals surface area contributed by atoms with Crippen molar-refractivity contribution in [3.05, 3.63) is 47.8 Å². The average molecular weight is 391 g/mol. The first-order valence-electron chi connectivity index (χ1n) is 10.0. The molecule has 4 heterocycles. The van der Waals surface area contributed by atoms with Crippen molar-refractivity contribution in [1.82, 2.24) is 24.4 Å². The average Bonchev–Trinajstić information content (AvgIpc) is 3.28. The van der Waals surface area contributed by atoms with Gasteiger partial charge in [0.25, 0.3) is 0 Å². The molecule has 7 nitrogen and oxygen atoms in total. The number of carbonyl (C=O) groups excluding carboxylic acids is 1. The van der Waals surface area contributed by atoms with Crippen LogP contribution in [0.15, 0.2) is 36.5 Å². The van der Waals surface area contributed by atoms with E-state index in [-0.39, 0.29) is 11.9 Å². The van der Waals surface area contributed by atoms with E-state index in [2.05, 4.69) is 4.90 Å². The molecule has 7 heteroatoms. The normalized spacial score (nSPS) is 20.7. The lowest BCUT2D eigenvalue weighted by Crippen LogP contribution is -2.44. The first kappa shape index (κ1) is 18.1. The number of fused-ring (bicyclic) bond motifs is 6. The van der Waals surface area contributed by atoms with Crippen molar-refractivity contribution >= 4 is 11.6 Å². The molecule has 0 radical (unpaired) electrons. The number of ether oxygens (including phenoxy) is 1. The van der Waals surface area contributed by atoms with Crippen LogP contribution in [0.1, 0.15) is 30.1 Å². The topological polar surface area (TPSA) is 63.0 Å². The number of benzene rings is 1. The highest BCUT2D eigenvalue weighted by Gasteiger charge is 2.42. The van der Waals surface area contributed by atoms with Crippen molar-refractivity contribution in [3.8, 4) is 17.0 Å². The smallest absolute Gasteiger partial charge is 0.236 e. The Morgan fingerprint density at radius 2 is 2.10 bits per heavy atom. The number of para-hydroxylation sites is 1. The molecule has 2 aromatic heterocycles. The molecule has 1 fully saturated rings. The van der Waals surface area contributed by atoms with Crippen LogP contribution in [0.25, 0.3) is 16.9 Å². The van der Waals surface area contributed by atoms with E-state index < -0.39 is 0 Å². The Bertz CT molecular complexity index is 1090. The SMILES string of the molecule is COc1ccccc1-c1cc2ncc3c(n2n1)C[C@@H]1CC[C@H]3N1CC(=O)N(C)C. The summed E-state index contributed by atoms with van der Waals surface area (Å²) in [6.45, 7) is 0.464. The van der Waals surface area contributed by atoms with E-state index in [1.165, 1.54) is 11.3 Å². The Morgan fingerprint density at radius 3 is 2.90 bits per heavy atom. The van der Waals surface area contributed by atoms with Crippen LogP contribution in [-0.4, -0.2) is 64.1 Å². The molecule has 0 unspecified atom stereocenters. The fourth-order valence-corrected chi connectivity index (χ4v) is 4.71. The minimum absolute atomic E-state index is 0.150. The van der Waals surface area contributed by atoms with Gasteiger partial charge in [-0.3, -0.25) is 9.69 Å². The number of likely N-dealkylation sites (N-methyl/N-ethyl adjacent to an activating group) is 1. The summed E-state index contributed by atoms with van der Waals surface area (Å²) in [7, 11) is 5.31. The van der Waals surface area contributed by atoms with Crippen LogP contribution in [0.2, 0.25) is 0 Å². The molecular weight excluding hydrogens is 366 g/mol. The third-order valence-corrected chi connectivity index (χ3v) is 6.25. The Labute approximate surface area is 169 Å². The van der Waals surface area contributed by atoms with Crippen molar-refractivity contribution < 1.29 is 9.53 Å². The lowest BCUT2D eigenvalue weighted by Gasteiger charge is -2.36. The van der Waals surface area contributed by atoms with E-state index in [1.807, 2.05) is 55.1 Å². The van der Waals surface area contributed by atoms with E-state index >= 15 is 0 Å². The summed E-state index contributed by atoms with van der Waals surface area (Å²) in [5.41, 5.74) is 5.10. The largest absolute Gasteiger partial charge is 0.496 e. The van der Waals surface area contributed by atoms with E-state index in [4.69, 9.17) is 14.8 Å². The van der Waals surface area contributed by atoms with Gasteiger partial charge in [-0.05, 0) is 25.0 Å². The molecule has 2 aliphatic rings.